The Hall–Kier alpha value is -1.59. The highest BCUT2D eigenvalue weighted by Crippen LogP contribution is 2.14. The number of hydrogen-bond donors (Lipinski definition) is 2. The number of amides is 2. The molecule has 0 aromatic heterocycles. The summed E-state index contributed by atoms with van der Waals surface area (Å²) in [6.45, 7) is 1.86. The lowest BCUT2D eigenvalue weighted by atomic mass is 10.2. The number of carbonyl (C=O) groups excluding carboxylic acids is 2. The van der Waals surface area contributed by atoms with Gasteiger partial charge in [-0.25, -0.2) is 0 Å². The highest BCUT2D eigenvalue weighted by molar-refractivity contribution is 5.97. The predicted octanol–water partition coefficient (Wildman–Crippen LogP) is 0.664. The van der Waals surface area contributed by atoms with Crippen LogP contribution in [0.5, 0.6) is 0 Å². The summed E-state index contributed by atoms with van der Waals surface area (Å²) in [7, 11) is 0. The van der Waals surface area contributed by atoms with Crippen LogP contribution in [0.4, 0.5) is 5.69 Å². The number of rotatable bonds is 5. The first-order valence-electron chi connectivity index (χ1n) is 5.42. The van der Waals surface area contributed by atoms with Gasteiger partial charge in [0.2, 0.25) is 11.8 Å². The largest absolute Gasteiger partial charge is 0.370 e. The molecule has 1 aromatic rings. The van der Waals surface area contributed by atoms with Crippen molar-refractivity contribution >= 4 is 29.9 Å². The number of nitrogens with zero attached hydrogens (tertiary/aromatic N) is 1. The number of anilines is 1. The van der Waals surface area contributed by atoms with Gasteiger partial charge in [0.05, 0.1) is 6.04 Å². The molecule has 100 valence electrons. The summed E-state index contributed by atoms with van der Waals surface area (Å²) in [6, 6.07) is 8.47. The van der Waals surface area contributed by atoms with Crippen LogP contribution < -0.4 is 16.4 Å². The molecule has 6 heteroatoms. The maximum absolute atomic E-state index is 11.9. The van der Waals surface area contributed by atoms with Crippen LogP contribution in [-0.2, 0) is 9.59 Å². The van der Waals surface area contributed by atoms with E-state index >= 15 is 0 Å². The molecule has 1 aromatic carbocycles. The summed E-state index contributed by atoms with van der Waals surface area (Å²) in [5, 5.41) is 0. The number of para-hydroxylation sites is 1. The molecule has 0 saturated heterocycles. The van der Waals surface area contributed by atoms with Gasteiger partial charge in [-0.1, -0.05) is 18.2 Å². The van der Waals surface area contributed by atoms with Crippen LogP contribution in [0.3, 0.4) is 0 Å². The number of carbonyl (C=O) groups is 2. The Morgan fingerprint density at radius 1 is 1.28 bits per heavy atom. The van der Waals surface area contributed by atoms with Gasteiger partial charge in [-0.05, 0) is 19.1 Å². The van der Waals surface area contributed by atoms with Crippen LogP contribution >= 0.6 is 12.4 Å². The van der Waals surface area contributed by atoms with Crippen molar-refractivity contribution in [1.29, 1.82) is 0 Å². The topological polar surface area (TPSA) is 89.4 Å². The molecular formula is C12H18ClN3O2. The quantitative estimate of drug-likeness (QED) is 0.825. The van der Waals surface area contributed by atoms with E-state index < -0.39 is 11.9 Å². The molecule has 5 nitrogen and oxygen atoms in total. The molecular weight excluding hydrogens is 254 g/mol. The average molecular weight is 272 g/mol. The number of halogens is 1. The van der Waals surface area contributed by atoms with Gasteiger partial charge in [0.15, 0.2) is 0 Å². The first kappa shape index (κ1) is 16.4. The SMILES string of the molecule is C[C@H](N)C(=O)N(CCC(N)=O)c1ccccc1.Cl. The zero-order valence-electron chi connectivity index (χ0n) is 10.2. The molecule has 18 heavy (non-hydrogen) atoms. The van der Waals surface area contributed by atoms with Crippen molar-refractivity contribution in [3.63, 3.8) is 0 Å². The minimum Gasteiger partial charge on any atom is -0.370 e. The Balaban J connectivity index is 0.00000289. The van der Waals surface area contributed by atoms with E-state index in [2.05, 4.69) is 0 Å². The summed E-state index contributed by atoms with van der Waals surface area (Å²) in [5.74, 6) is -0.666. The van der Waals surface area contributed by atoms with Crippen molar-refractivity contribution in [3.05, 3.63) is 30.3 Å². The van der Waals surface area contributed by atoms with Crippen LogP contribution in [0.1, 0.15) is 13.3 Å². The third-order valence-electron chi connectivity index (χ3n) is 2.31. The number of benzene rings is 1. The molecule has 0 heterocycles. The molecule has 0 spiro atoms. The molecule has 2 amide bonds. The van der Waals surface area contributed by atoms with Gasteiger partial charge >= 0.3 is 0 Å². The van der Waals surface area contributed by atoms with E-state index in [0.717, 1.165) is 5.69 Å². The highest BCUT2D eigenvalue weighted by Gasteiger charge is 2.19. The Morgan fingerprint density at radius 2 is 1.83 bits per heavy atom. The Labute approximate surface area is 113 Å². The lowest BCUT2D eigenvalue weighted by Gasteiger charge is -2.24. The molecule has 0 aliphatic rings. The second-order valence-corrected chi connectivity index (χ2v) is 3.83. The van der Waals surface area contributed by atoms with Crippen LogP contribution in [-0.4, -0.2) is 24.4 Å². The van der Waals surface area contributed by atoms with E-state index in [0.29, 0.717) is 0 Å². The molecule has 0 aliphatic carbocycles. The average Bonchev–Trinajstić information content (AvgIpc) is 2.30. The fraction of sp³-hybridized carbons (Fsp3) is 0.333. The fourth-order valence-corrected chi connectivity index (χ4v) is 1.44. The first-order valence-corrected chi connectivity index (χ1v) is 5.42. The Morgan fingerprint density at radius 3 is 2.28 bits per heavy atom. The van der Waals surface area contributed by atoms with Gasteiger partial charge in [-0.2, -0.15) is 0 Å². The molecule has 1 rings (SSSR count). The minimum absolute atomic E-state index is 0. The molecule has 0 saturated carbocycles. The molecule has 4 N–H and O–H groups in total. The van der Waals surface area contributed by atoms with Crippen LogP contribution in [0.25, 0.3) is 0 Å². The van der Waals surface area contributed by atoms with Gasteiger partial charge < -0.3 is 16.4 Å². The second kappa shape index (κ2) is 7.68. The molecule has 0 aliphatic heterocycles. The van der Waals surface area contributed by atoms with Gasteiger partial charge in [-0.15, -0.1) is 12.4 Å². The third kappa shape index (κ3) is 4.73. The van der Waals surface area contributed by atoms with Crippen molar-refractivity contribution in [3.8, 4) is 0 Å². The summed E-state index contributed by atoms with van der Waals surface area (Å²) in [5.41, 5.74) is 11.4. The molecule has 0 fully saturated rings. The maximum atomic E-state index is 11.9. The zero-order chi connectivity index (χ0) is 12.8. The van der Waals surface area contributed by atoms with Crippen LogP contribution in [0.2, 0.25) is 0 Å². The first-order chi connectivity index (χ1) is 8.02. The smallest absolute Gasteiger partial charge is 0.243 e. The molecule has 0 bridgehead atoms. The van der Waals surface area contributed by atoms with Gasteiger partial charge in [-0.3, -0.25) is 9.59 Å². The second-order valence-electron chi connectivity index (χ2n) is 3.83. The summed E-state index contributed by atoms with van der Waals surface area (Å²) in [4.78, 5) is 24.2. The van der Waals surface area contributed by atoms with E-state index in [-0.39, 0.29) is 31.3 Å². The van der Waals surface area contributed by atoms with Crippen molar-refractivity contribution in [1.82, 2.24) is 0 Å². The van der Waals surface area contributed by atoms with Crippen molar-refractivity contribution < 1.29 is 9.59 Å². The highest BCUT2D eigenvalue weighted by atomic mass is 35.5. The monoisotopic (exact) mass is 271 g/mol. The summed E-state index contributed by atoms with van der Waals surface area (Å²) >= 11 is 0. The standard InChI is InChI=1S/C12H17N3O2.ClH/c1-9(13)12(17)15(8-7-11(14)16)10-5-3-2-4-6-10;/h2-6,9H,7-8,13H2,1H3,(H2,14,16);1H/t9-;/m0./s1. The zero-order valence-corrected chi connectivity index (χ0v) is 11.0. The third-order valence-corrected chi connectivity index (χ3v) is 2.31. The van der Waals surface area contributed by atoms with Crippen LogP contribution in [0.15, 0.2) is 30.3 Å². The molecule has 0 radical (unpaired) electrons. The lowest BCUT2D eigenvalue weighted by Crippen LogP contribution is -2.43. The maximum Gasteiger partial charge on any atom is 0.243 e. The number of nitrogens with two attached hydrogens (primary N) is 2. The van der Waals surface area contributed by atoms with Gasteiger partial charge in [0.25, 0.3) is 0 Å². The van der Waals surface area contributed by atoms with Crippen molar-refractivity contribution in [2.24, 2.45) is 11.5 Å². The molecule has 1 atom stereocenters. The number of primary amides is 1. The lowest BCUT2D eigenvalue weighted by molar-refractivity contribution is -0.119. The van der Waals surface area contributed by atoms with E-state index in [1.807, 2.05) is 18.2 Å². The Bertz CT molecular complexity index is 396. The van der Waals surface area contributed by atoms with Crippen LogP contribution in [0, 0.1) is 0 Å². The van der Waals surface area contributed by atoms with Crippen molar-refractivity contribution in [2.45, 2.75) is 19.4 Å². The predicted molar refractivity (Wildman–Crippen MR) is 73.5 cm³/mol. The van der Waals surface area contributed by atoms with E-state index in [1.165, 1.54) is 4.90 Å². The number of hydrogen-bond acceptors (Lipinski definition) is 3. The fourth-order valence-electron chi connectivity index (χ4n) is 1.44. The van der Waals surface area contributed by atoms with E-state index in [4.69, 9.17) is 11.5 Å². The van der Waals surface area contributed by atoms with E-state index in [9.17, 15) is 9.59 Å². The minimum atomic E-state index is -0.608. The van der Waals surface area contributed by atoms with Crippen molar-refractivity contribution in [2.75, 3.05) is 11.4 Å². The van der Waals surface area contributed by atoms with Gasteiger partial charge in [0.1, 0.15) is 0 Å². The Kier molecular flexibility index (Phi) is 7.00. The summed E-state index contributed by atoms with van der Waals surface area (Å²) < 4.78 is 0. The summed E-state index contributed by atoms with van der Waals surface area (Å²) in [6.07, 6.45) is 0.118. The normalized spacial score (nSPS) is 11.2. The van der Waals surface area contributed by atoms with Gasteiger partial charge in [0, 0.05) is 18.7 Å². The van der Waals surface area contributed by atoms with E-state index in [1.54, 1.807) is 19.1 Å². The molecule has 0 unspecified atom stereocenters.